The molecule has 1 heterocycles. The molecule has 2 rings (SSSR count). The van der Waals surface area contributed by atoms with Crippen molar-refractivity contribution in [2.75, 3.05) is 32.8 Å². The van der Waals surface area contributed by atoms with Gasteiger partial charge in [0.25, 0.3) is 0 Å². The van der Waals surface area contributed by atoms with Crippen LogP contribution in [0.4, 0.5) is 4.79 Å². The van der Waals surface area contributed by atoms with Gasteiger partial charge in [0, 0.05) is 32.1 Å². The molecule has 2 fully saturated rings. The SMILES string of the molecule is C[C@@H](CN1CCOCC1)N(OC(C)(C)C)C(=O)CCC(NC(=O)OC(C)(C)C)C1CCCCC1. The molecule has 1 N–H and O–H groups in total. The highest BCUT2D eigenvalue weighted by Gasteiger charge is 2.31. The quantitative estimate of drug-likeness (QED) is 0.486. The van der Waals surface area contributed by atoms with Gasteiger partial charge in [-0.05, 0) is 73.6 Å². The molecule has 0 aromatic carbocycles. The van der Waals surface area contributed by atoms with Crippen molar-refractivity contribution in [2.45, 2.75) is 117 Å². The number of hydrogen-bond donors (Lipinski definition) is 1. The van der Waals surface area contributed by atoms with Gasteiger partial charge in [0.05, 0.1) is 24.9 Å². The molecule has 0 aromatic heterocycles. The second-order valence-corrected chi connectivity index (χ2v) is 11.9. The first-order chi connectivity index (χ1) is 15.8. The molecule has 8 nitrogen and oxygen atoms in total. The number of hydrogen-bond acceptors (Lipinski definition) is 6. The summed E-state index contributed by atoms with van der Waals surface area (Å²) in [7, 11) is 0. The molecule has 34 heavy (non-hydrogen) atoms. The summed E-state index contributed by atoms with van der Waals surface area (Å²) in [5, 5.41) is 4.66. The summed E-state index contributed by atoms with van der Waals surface area (Å²) in [4.78, 5) is 34.4. The van der Waals surface area contributed by atoms with E-state index in [1.165, 1.54) is 19.3 Å². The van der Waals surface area contributed by atoms with E-state index >= 15 is 0 Å². The molecule has 198 valence electrons. The molecular weight excluding hydrogens is 434 g/mol. The summed E-state index contributed by atoms with van der Waals surface area (Å²) in [5.41, 5.74) is -1.03. The highest BCUT2D eigenvalue weighted by atomic mass is 16.7. The fourth-order valence-electron chi connectivity index (χ4n) is 4.72. The van der Waals surface area contributed by atoms with Gasteiger partial charge in [-0.15, -0.1) is 0 Å². The van der Waals surface area contributed by atoms with Crippen LogP contribution >= 0.6 is 0 Å². The Morgan fingerprint density at radius 2 is 1.65 bits per heavy atom. The maximum atomic E-state index is 13.4. The van der Waals surface area contributed by atoms with Crippen LogP contribution in [-0.2, 0) is 19.1 Å². The average Bonchev–Trinajstić information content (AvgIpc) is 2.74. The van der Waals surface area contributed by atoms with Crippen LogP contribution in [0.2, 0.25) is 0 Å². The van der Waals surface area contributed by atoms with Crippen molar-refractivity contribution < 1.29 is 23.9 Å². The van der Waals surface area contributed by atoms with Gasteiger partial charge < -0.3 is 14.8 Å². The first-order valence-corrected chi connectivity index (χ1v) is 13.1. The van der Waals surface area contributed by atoms with Gasteiger partial charge in [-0.2, -0.15) is 0 Å². The maximum Gasteiger partial charge on any atom is 0.407 e. The van der Waals surface area contributed by atoms with Crippen molar-refractivity contribution in [1.29, 1.82) is 0 Å². The number of rotatable bonds is 9. The maximum absolute atomic E-state index is 13.4. The predicted molar refractivity (Wildman–Crippen MR) is 133 cm³/mol. The van der Waals surface area contributed by atoms with Gasteiger partial charge in [-0.3, -0.25) is 14.5 Å². The normalized spacial score (nSPS) is 20.4. The van der Waals surface area contributed by atoms with E-state index in [-0.39, 0.29) is 18.0 Å². The Bertz CT molecular complexity index is 631. The van der Waals surface area contributed by atoms with E-state index in [1.807, 2.05) is 48.5 Å². The summed E-state index contributed by atoms with van der Waals surface area (Å²) < 4.78 is 11.0. The van der Waals surface area contributed by atoms with Crippen LogP contribution in [0.1, 0.15) is 93.4 Å². The van der Waals surface area contributed by atoms with E-state index in [4.69, 9.17) is 14.3 Å². The van der Waals surface area contributed by atoms with Crippen molar-refractivity contribution in [2.24, 2.45) is 5.92 Å². The summed E-state index contributed by atoms with van der Waals surface area (Å²) in [5.74, 6) is 0.333. The van der Waals surface area contributed by atoms with Gasteiger partial charge in [0.2, 0.25) is 5.91 Å². The lowest BCUT2D eigenvalue weighted by atomic mass is 9.82. The number of nitrogens with one attached hydrogen (secondary N) is 1. The standard InChI is InChI=1S/C26H49N3O5/c1-20(19-28-15-17-32-18-16-28)29(34-26(5,6)7)23(30)14-13-22(21-11-9-8-10-12-21)27-24(31)33-25(2,3)4/h20-22H,8-19H2,1-7H3,(H,27,31)/t20-,22?/m0/s1. The molecule has 1 aliphatic carbocycles. The Kier molecular flexibility index (Phi) is 11.1. The first kappa shape index (κ1) is 28.9. The zero-order valence-electron chi connectivity index (χ0n) is 22.7. The van der Waals surface area contributed by atoms with Gasteiger partial charge in [0.15, 0.2) is 0 Å². The highest BCUT2D eigenvalue weighted by molar-refractivity contribution is 5.75. The monoisotopic (exact) mass is 483 g/mol. The van der Waals surface area contributed by atoms with Crippen LogP contribution in [0.5, 0.6) is 0 Å². The molecule has 1 unspecified atom stereocenters. The lowest BCUT2D eigenvalue weighted by Gasteiger charge is -2.38. The van der Waals surface area contributed by atoms with E-state index in [0.29, 0.717) is 18.8 Å². The van der Waals surface area contributed by atoms with Crippen LogP contribution in [-0.4, -0.2) is 78.1 Å². The smallest absolute Gasteiger partial charge is 0.407 e. The van der Waals surface area contributed by atoms with Crippen LogP contribution in [0, 0.1) is 5.92 Å². The summed E-state index contributed by atoms with van der Waals surface area (Å²) in [6.45, 7) is 17.4. The zero-order valence-corrected chi connectivity index (χ0v) is 22.7. The Morgan fingerprint density at radius 1 is 1.03 bits per heavy atom. The summed E-state index contributed by atoms with van der Waals surface area (Å²) in [6.07, 6.45) is 6.22. The lowest BCUT2D eigenvalue weighted by molar-refractivity contribution is -0.243. The van der Waals surface area contributed by atoms with Crippen LogP contribution in [0.3, 0.4) is 0 Å². The molecule has 1 saturated carbocycles. The number of alkyl carbamates (subject to hydrolysis) is 1. The summed E-state index contributed by atoms with van der Waals surface area (Å²) >= 11 is 0. The van der Waals surface area contributed by atoms with E-state index < -0.39 is 17.3 Å². The number of amides is 2. The van der Waals surface area contributed by atoms with Gasteiger partial charge in [-0.1, -0.05) is 19.3 Å². The fraction of sp³-hybridized carbons (Fsp3) is 0.923. The van der Waals surface area contributed by atoms with Crippen LogP contribution in [0.25, 0.3) is 0 Å². The molecular formula is C26H49N3O5. The minimum absolute atomic E-state index is 0.0394. The van der Waals surface area contributed by atoms with Crippen molar-refractivity contribution in [3.63, 3.8) is 0 Å². The molecule has 1 aliphatic heterocycles. The topological polar surface area (TPSA) is 80.3 Å². The van der Waals surface area contributed by atoms with Crippen LogP contribution < -0.4 is 5.32 Å². The minimum atomic E-state index is -0.552. The van der Waals surface area contributed by atoms with E-state index in [0.717, 1.165) is 45.7 Å². The van der Waals surface area contributed by atoms with Crippen molar-refractivity contribution in [3.05, 3.63) is 0 Å². The molecule has 2 aliphatic rings. The molecule has 2 amide bonds. The predicted octanol–water partition coefficient (Wildman–Crippen LogP) is 4.52. The number of nitrogens with zero attached hydrogens (tertiary/aromatic N) is 2. The summed E-state index contributed by atoms with van der Waals surface area (Å²) in [6, 6.07) is -0.165. The third kappa shape index (κ3) is 10.9. The van der Waals surface area contributed by atoms with Gasteiger partial charge in [-0.25, -0.2) is 9.86 Å². The number of carbonyl (C=O) groups is 2. The average molecular weight is 484 g/mol. The third-order valence-corrected chi connectivity index (χ3v) is 6.23. The zero-order chi connectivity index (χ0) is 25.4. The molecule has 0 spiro atoms. The van der Waals surface area contributed by atoms with Crippen molar-refractivity contribution in [1.82, 2.24) is 15.3 Å². The van der Waals surface area contributed by atoms with Gasteiger partial charge >= 0.3 is 6.09 Å². The number of morpholine rings is 1. The Balaban J connectivity index is 2.04. The highest BCUT2D eigenvalue weighted by Crippen LogP contribution is 2.29. The third-order valence-electron chi connectivity index (χ3n) is 6.23. The second kappa shape index (κ2) is 13.1. The van der Waals surface area contributed by atoms with Crippen molar-refractivity contribution in [3.8, 4) is 0 Å². The lowest BCUT2D eigenvalue weighted by Crippen LogP contribution is -2.51. The fourth-order valence-corrected chi connectivity index (χ4v) is 4.72. The molecule has 0 radical (unpaired) electrons. The van der Waals surface area contributed by atoms with Gasteiger partial charge in [0.1, 0.15) is 5.60 Å². The number of ether oxygens (including phenoxy) is 2. The Hall–Kier alpha value is -1.38. The molecule has 1 saturated heterocycles. The second-order valence-electron chi connectivity index (χ2n) is 11.9. The van der Waals surface area contributed by atoms with E-state index in [2.05, 4.69) is 10.2 Å². The minimum Gasteiger partial charge on any atom is -0.444 e. The van der Waals surface area contributed by atoms with Crippen molar-refractivity contribution >= 4 is 12.0 Å². The van der Waals surface area contributed by atoms with Crippen LogP contribution in [0.15, 0.2) is 0 Å². The van der Waals surface area contributed by atoms with E-state index in [1.54, 1.807) is 5.06 Å². The number of carbonyl (C=O) groups excluding carboxylic acids is 2. The molecule has 0 aromatic rings. The largest absolute Gasteiger partial charge is 0.444 e. The Morgan fingerprint density at radius 3 is 2.21 bits per heavy atom. The molecule has 0 bridgehead atoms. The molecule has 2 atom stereocenters. The molecule has 8 heteroatoms. The Labute approximate surface area is 207 Å². The first-order valence-electron chi connectivity index (χ1n) is 13.1. The number of hydroxylamine groups is 2. The van der Waals surface area contributed by atoms with E-state index in [9.17, 15) is 9.59 Å².